The third kappa shape index (κ3) is 5.20. The van der Waals surface area contributed by atoms with Gasteiger partial charge in [-0.05, 0) is 66.7 Å². The van der Waals surface area contributed by atoms with Crippen LogP contribution in [0.3, 0.4) is 0 Å². The summed E-state index contributed by atoms with van der Waals surface area (Å²) in [7, 11) is 1.35. The molecule has 0 unspecified atom stereocenters. The largest absolute Gasteiger partial charge is 0.493 e. The second-order valence-corrected chi connectivity index (χ2v) is 8.14. The summed E-state index contributed by atoms with van der Waals surface area (Å²) in [6.45, 7) is 1.84. The monoisotopic (exact) mass is 485 g/mol. The molecule has 34 heavy (non-hydrogen) atoms. The predicted octanol–water partition coefficient (Wildman–Crippen LogP) is 5.40. The number of carbonyl (C=O) groups is 1. The Hall–Kier alpha value is -3.86. The van der Waals surface area contributed by atoms with E-state index in [1.54, 1.807) is 24.5 Å². The van der Waals surface area contributed by atoms with E-state index in [-0.39, 0.29) is 17.1 Å². The zero-order valence-corrected chi connectivity index (χ0v) is 18.8. The Labute approximate surface area is 197 Å². The molecule has 2 aromatic carbocycles. The van der Waals surface area contributed by atoms with Crippen LogP contribution in [0, 0.1) is 6.92 Å². The first kappa shape index (κ1) is 23.3. The van der Waals surface area contributed by atoms with Gasteiger partial charge >= 0.3 is 6.18 Å². The molecule has 0 saturated heterocycles. The quantitative estimate of drug-likeness (QED) is 0.368. The van der Waals surface area contributed by atoms with Gasteiger partial charge in [-0.3, -0.25) is 4.79 Å². The van der Waals surface area contributed by atoms with Crippen molar-refractivity contribution in [1.29, 1.82) is 0 Å². The Morgan fingerprint density at radius 2 is 1.85 bits per heavy atom. The average Bonchev–Trinajstić information content (AvgIpc) is 3.26. The molecular weight excluding hydrogens is 467 g/mol. The number of rotatable bonds is 6. The summed E-state index contributed by atoms with van der Waals surface area (Å²) in [5.74, 6) is -0.432. The number of nitrogens with one attached hydrogen (secondary N) is 1. The zero-order chi connectivity index (χ0) is 24.3. The van der Waals surface area contributed by atoms with Gasteiger partial charge in [-0.2, -0.15) is 18.3 Å². The molecule has 2 aromatic heterocycles. The molecule has 0 aliphatic rings. The van der Waals surface area contributed by atoms with Crippen LogP contribution in [0.5, 0.6) is 5.75 Å². The van der Waals surface area contributed by atoms with Crippen LogP contribution in [-0.2, 0) is 6.18 Å². The van der Waals surface area contributed by atoms with E-state index in [4.69, 9.17) is 4.74 Å². The van der Waals surface area contributed by atoms with E-state index in [0.29, 0.717) is 10.8 Å². The number of carbonyl (C=O) groups excluding carboxylic acids is 1. The van der Waals surface area contributed by atoms with Crippen LogP contribution in [0.25, 0.3) is 5.69 Å². The minimum atomic E-state index is -4.50. The van der Waals surface area contributed by atoms with E-state index in [2.05, 4.69) is 20.4 Å². The smallest absolute Gasteiger partial charge is 0.416 e. The van der Waals surface area contributed by atoms with Crippen LogP contribution in [0.15, 0.2) is 77.2 Å². The fraction of sp³-hybridized carbons (Fsp3) is 0.130. The molecule has 0 spiro atoms. The number of aromatic nitrogens is 4. The normalized spacial score (nSPS) is 11.3. The van der Waals surface area contributed by atoms with E-state index in [9.17, 15) is 18.0 Å². The van der Waals surface area contributed by atoms with Crippen LogP contribution in [0.4, 0.5) is 18.9 Å². The van der Waals surface area contributed by atoms with Crippen molar-refractivity contribution in [2.24, 2.45) is 0 Å². The molecule has 2 heterocycles. The highest BCUT2D eigenvalue weighted by Gasteiger charge is 2.30. The first-order chi connectivity index (χ1) is 16.2. The molecule has 0 radical (unpaired) electrons. The molecule has 11 heteroatoms. The highest BCUT2D eigenvalue weighted by Crippen LogP contribution is 2.31. The number of ether oxygens (including phenoxy) is 1. The number of methoxy groups -OCH3 is 1. The molecule has 4 rings (SSSR count). The maximum Gasteiger partial charge on any atom is 0.416 e. The van der Waals surface area contributed by atoms with Gasteiger partial charge in [0, 0.05) is 23.0 Å². The molecule has 0 aliphatic carbocycles. The van der Waals surface area contributed by atoms with Crippen LogP contribution in [-0.4, -0.2) is 32.8 Å². The van der Waals surface area contributed by atoms with Crippen molar-refractivity contribution in [3.63, 3.8) is 0 Å². The van der Waals surface area contributed by atoms with Crippen LogP contribution in [0.1, 0.15) is 21.6 Å². The summed E-state index contributed by atoms with van der Waals surface area (Å²) in [5.41, 5.74) is 0.618. The molecule has 0 bridgehead atoms. The van der Waals surface area contributed by atoms with E-state index in [0.717, 1.165) is 22.6 Å². The highest BCUT2D eigenvalue weighted by atomic mass is 32.2. The van der Waals surface area contributed by atoms with Gasteiger partial charge in [0.25, 0.3) is 5.91 Å². The van der Waals surface area contributed by atoms with Gasteiger partial charge in [-0.15, -0.1) is 0 Å². The van der Waals surface area contributed by atoms with E-state index >= 15 is 0 Å². The van der Waals surface area contributed by atoms with Gasteiger partial charge in [0.1, 0.15) is 0 Å². The van der Waals surface area contributed by atoms with Gasteiger partial charge < -0.3 is 10.1 Å². The number of hydrogen-bond acceptors (Lipinski definition) is 6. The minimum Gasteiger partial charge on any atom is -0.493 e. The van der Waals surface area contributed by atoms with E-state index in [1.165, 1.54) is 41.9 Å². The first-order valence-corrected chi connectivity index (χ1v) is 10.7. The van der Waals surface area contributed by atoms with Gasteiger partial charge in [-0.25, -0.2) is 14.6 Å². The predicted molar refractivity (Wildman–Crippen MR) is 120 cm³/mol. The van der Waals surface area contributed by atoms with Crippen molar-refractivity contribution >= 4 is 23.4 Å². The van der Waals surface area contributed by atoms with Crippen LogP contribution in [0.2, 0.25) is 0 Å². The Balaban J connectivity index is 1.55. The maximum absolute atomic E-state index is 13.1. The Morgan fingerprint density at radius 1 is 1.09 bits per heavy atom. The summed E-state index contributed by atoms with van der Waals surface area (Å²) in [4.78, 5) is 22.2. The van der Waals surface area contributed by atoms with Gasteiger partial charge in [-0.1, -0.05) is 6.07 Å². The molecule has 0 aliphatic heterocycles. The molecule has 1 N–H and O–H groups in total. The summed E-state index contributed by atoms with van der Waals surface area (Å²) in [5, 5.41) is 7.54. The number of hydrogen-bond donors (Lipinski definition) is 1. The lowest BCUT2D eigenvalue weighted by Gasteiger charge is -2.10. The number of anilines is 1. The second kappa shape index (κ2) is 9.56. The average molecular weight is 485 g/mol. The van der Waals surface area contributed by atoms with Crippen molar-refractivity contribution < 1.29 is 22.7 Å². The Morgan fingerprint density at radius 3 is 2.53 bits per heavy atom. The topological polar surface area (TPSA) is 81.9 Å². The number of nitrogens with zero attached hydrogens (tertiary/aromatic N) is 4. The summed E-state index contributed by atoms with van der Waals surface area (Å²) in [6, 6.07) is 11.8. The van der Waals surface area contributed by atoms with E-state index < -0.39 is 17.6 Å². The number of benzene rings is 2. The standard InChI is InChI=1S/C23H18F3N5O2S/c1-14-11-17(34-22-27-9-4-10-28-22)7-8-18(14)29-21(32)20-19(33-2)13-31(30-20)16-6-3-5-15(12-16)23(24,25)26/h3-13H,1-2H3,(H,29,32). The van der Waals surface area contributed by atoms with Crippen LogP contribution >= 0.6 is 11.8 Å². The SMILES string of the molecule is COc1cn(-c2cccc(C(F)(F)F)c2)nc1C(=O)Nc1ccc(Sc2ncccn2)cc1C. The van der Waals surface area contributed by atoms with Crippen molar-refractivity contribution in [2.45, 2.75) is 23.2 Å². The molecule has 174 valence electrons. The fourth-order valence-electron chi connectivity index (χ4n) is 3.09. The van der Waals surface area contributed by atoms with Gasteiger partial charge in [0.2, 0.25) is 0 Å². The molecule has 0 saturated carbocycles. The zero-order valence-electron chi connectivity index (χ0n) is 18.0. The summed E-state index contributed by atoms with van der Waals surface area (Å²) < 4.78 is 45.6. The lowest BCUT2D eigenvalue weighted by molar-refractivity contribution is -0.137. The Bertz CT molecular complexity index is 1330. The number of amides is 1. The van der Waals surface area contributed by atoms with E-state index in [1.807, 2.05) is 19.1 Å². The molecule has 0 atom stereocenters. The molecule has 0 fully saturated rings. The van der Waals surface area contributed by atoms with Crippen molar-refractivity contribution in [2.75, 3.05) is 12.4 Å². The van der Waals surface area contributed by atoms with Gasteiger partial charge in [0.05, 0.1) is 24.6 Å². The molecule has 7 nitrogen and oxygen atoms in total. The Kier molecular flexibility index (Phi) is 6.55. The maximum atomic E-state index is 13.1. The lowest BCUT2D eigenvalue weighted by Crippen LogP contribution is -2.15. The second-order valence-electron chi connectivity index (χ2n) is 7.10. The van der Waals surface area contributed by atoms with Crippen molar-refractivity contribution in [3.05, 3.63) is 83.9 Å². The lowest BCUT2D eigenvalue weighted by atomic mass is 10.2. The van der Waals surface area contributed by atoms with Gasteiger partial charge in [0.15, 0.2) is 16.6 Å². The number of alkyl halides is 3. The number of aryl methyl sites for hydroxylation is 1. The molecule has 1 amide bonds. The fourth-order valence-corrected chi connectivity index (χ4v) is 3.90. The third-order valence-corrected chi connectivity index (χ3v) is 5.63. The first-order valence-electron chi connectivity index (χ1n) is 9.93. The number of halogens is 3. The summed E-state index contributed by atoms with van der Waals surface area (Å²) >= 11 is 1.38. The highest BCUT2D eigenvalue weighted by molar-refractivity contribution is 7.99. The van der Waals surface area contributed by atoms with Crippen LogP contribution < -0.4 is 10.1 Å². The minimum absolute atomic E-state index is 0.0598. The molecule has 4 aromatic rings. The molecular formula is C23H18F3N5O2S. The third-order valence-electron chi connectivity index (χ3n) is 4.75. The van der Waals surface area contributed by atoms with Crippen molar-refractivity contribution in [1.82, 2.24) is 19.7 Å². The summed E-state index contributed by atoms with van der Waals surface area (Å²) in [6.07, 6.45) is 0.171. The van der Waals surface area contributed by atoms with Crippen molar-refractivity contribution in [3.8, 4) is 11.4 Å².